The molecule has 2 aliphatic heterocycles. The zero-order valence-corrected chi connectivity index (χ0v) is 16.6. The number of carbonyl (C=O) groups is 2. The van der Waals surface area contributed by atoms with E-state index in [2.05, 4.69) is 20.9 Å². The first-order valence-electron chi connectivity index (χ1n) is 9.56. The predicted octanol–water partition coefficient (Wildman–Crippen LogP) is 2.91. The summed E-state index contributed by atoms with van der Waals surface area (Å²) in [7, 11) is 1.61. The molecule has 0 unspecified atom stereocenters. The Balaban J connectivity index is 1.27. The number of thioether (sulfide) groups is 1. The molecule has 0 bridgehead atoms. The number of methoxy groups -OCH3 is 1. The quantitative estimate of drug-likeness (QED) is 0.491. The van der Waals surface area contributed by atoms with Crippen molar-refractivity contribution in [2.24, 2.45) is 0 Å². The number of ether oxygens (including phenoxy) is 1. The van der Waals surface area contributed by atoms with Gasteiger partial charge in [0, 0.05) is 29.0 Å². The summed E-state index contributed by atoms with van der Waals surface area (Å²) in [5, 5.41) is 10.3. The van der Waals surface area contributed by atoms with Crippen LogP contribution in [0.1, 0.15) is 25.7 Å². The molecule has 0 saturated carbocycles. The smallest absolute Gasteiger partial charge is 0.315 e. The summed E-state index contributed by atoms with van der Waals surface area (Å²) in [5.74, 6) is 1.66. The maximum atomic E-state index is 12.4. The van der Waals surface area contributed by atoms with Gasteiger partial charge in [-0.05, 0) is 37.1 Å². The van der Waals surface area contributed by atoms with Gasteiger partial charge in [0.1, 0.15) is 11.3 Å². The third kappa shape index (κ3) is 3.87. The number of unbranched alkanes of at least 4 members (excludes halogenated alkanes) is 1. The molecule has 1 aromatic carbocycles. The predicted molar refractivity (Wildman–Crippen MR) is 111 cm³/mol. The highest BCUT2D eigenvalue weighted by Crippen LogP contribution is 2.33. The van der Waals surface area contributed by atoms with Crippen LogP contribution in [-0.2, 0) is 4.79 Å². The lowest BCUT2D eigenvalue weighted by molar-refractivity contribution is -0.116. The molecule has 2 aliphatic rings. The molecular weight excluding hydrogens is 376 g/mol. The Labute approximate surface area is 168 Å². The van der Waals surface area contributed by atoms with Gasteiger partial charge in [0.05, 0.1) is 24.9 Å². The molecule has 7 nitrogen and oxygen atoms in total. The van der Waals surface area contributed by atoms with Gasteiger partial charge < -0.3 is 20.7 Å². The third-order valence-electron chi connectivity index (χ3n) is 5.31. The van der Waals surface area contributed by atoms with E-state index in [0.29, 0.717) is 17.4 Å². The van der Waals surface area contributed by atoms with Crippen molar-refractivity contribution in [1.29, 1.82) is 0 Å². The van der Waals surface area contributed by atoms with Crippen LogP contribution in [0, 0.1) is 0 Å². The minimum Gasteiger partial charge on any atom is -0.494 e. The number of carbonyl (C=O) groups excluding carboxylic acids is 2. The zero-order chi connectivity index (χ0) is 19.5. The minimum absolute atomic E-state index is 0.00288. The number of anilines is 1. The number of hydrogen-bond acceptors (Lipinski definition) is 5. The highest BCUT2D eigenvalue weighted by molar-refractivity contribution is 8.00. The van der Waals surface area contributed by atoms with E-state index < -0.39 is 0 Å². The van der Waals surface area contributed by atoms with Crippen molar-refractivity contribution in [3.8, 4) is 5.75 Å². The number of hydrogen-bond donors (Lipinski definition) is 3. The Morgan fingerprint density at radius 2 is 2.21 bits per heavy atom. The van der Waals surface area contributed by atoms with Gasteiger partial charge in [-0.15, -0.1) is 0 Å². The first kappa shape index (κ1) is 18.9. The van der Waals surface area contributed by atoms with E-state index in [1.54, 1.807) is 13.3 Å². The molecule has 4 rings (SSSR count). The van der Waals surface area contributed by atoms with Gasteiger partial charge >= 0.3 is 6.03 Å². The molecule has 3 N–H and O–H groups in total. The molecule has 2 saturated heterocycles. The molecule has 3 atom stereocenters. The van der Waals surface area contributed by atoms with Gasteiger partial charge in [-0.3, -0.25) is 9.78 Å². The maximum Gasteiger partial charge on any atom is 0.315 e. The van der Waals surface area contributed by atoms with Crippen LogP contribution in [0.2, 0.25) is 0 Å². The van der Waals surface area contributed by atoms with E-state index in [9.17, 15) is 9.59 Å². The van der Waals surface area contributed by atoms with Crippen molar-refractivity contribution < 1.29 is 14.3 Å². The molecule has 3 heterocycles. The summed E-state index contributed by atoms with van der Waals surface area (Å²) in [4.78, 5) is 28.2. The van der Waals surface area contributed by atoms with Crippen LogP contribution in [0.25, 0.3) is 10.9 Å². The van der Waals surface area contributed by atoms with E-state index in [1.807, 2.05) is 36.0 Å². The Kier molecular flexibility index (Phi) is 5.57. The van der Waals surface area contributed by atoms with Crippen LogP contribution in [0.4, 0.5) is 10.5 Å². The molecule has 0 radical (unpaired) electrons. The first-order valence-corrected chi connectivity index (χ1v) is 10.6. The average molecular weight is 401 g/mol. The number of amides is 3. The lowest BCUT2D eigenvalue weighted by atomic mass is 10.0. The number of pyridine rings is 1. The van der Waals surface area contributed by atoms with Crippen molar-refractivity contribution in [2.45, 2.75) is 43.0 Å². The monoisotopic (exact) mass is 400 g/mol. The number of benzene rings is 1. The molecule has 28 heavy (non-hydrogen) atoms. The van der Waals surface area contributed by atoms with E-state index in [4.69, 9.17) is 4.74 Å². The standard InChI is InChI=1S/C20H24N4O3S/c1-27-15-9-8-13(12-5-4-10-21-18(12)15)22-17(25)7-3-2-6-16-19-14(11-28-16)23-20(26)24-19/h4-5,8-10,14,16,19H,2-3,6-7,11H2,1H3,(H,22,25)(H2,23,24,26)/t14-,16-,19-/m0/s1. The molecule has 0 aliphatic carbocycles. The second-order valence-electron chi connectivity index (χ2n) is 7.13. The van der Waals surface area contributed by atoms with Crippen LogP contribution in [0.5, 0.6) is 5.75 Å². The van der Waals surface area contributed by atoms with Crippen molar-refractivity contribution in [1.82, 2.24) is 15.6 Å². The first-order chi connectivity index (χ1) is 13.7. The number of fused-ring (bicyclic) bond motifs is 2. The van der Waals surface area contributed by atoms with Crippen molar-refractivity contribution in [2.75, 3.05) is 18.2 Å². The lowest BCUT2D eigenvalue weighted by Crippen LogP contribution is -2.36. The molecular formula is C20H24N4O3S. The normalized spacial score (nSPS) is 23.2. The van der Waals surface area contributed by atoms with Gasteiger partial charge in [-0.2, -0.15) is 11.8 Å². The van der Waals surface area contributed by atoms with Gasteiger partial charge in [0.25, 0.3) is 0 Å². The van der Waals surface area contributed by atoms with Crippen molar-refractivity contribution in [3.05, 3.63) is 30.5 Å². The van der Waals surface area contributed by atoms with Crippen LogP contribution in [-0.4, -0.2) is 47.1 Å². The van der Waals surface area contributed by atoms with Crippen LogP contribution in [0.3, 0.4) is 0 Å². The number of urea groups is 1. The molecule has 2 aromatic rings. The van der Waals surface area contributed by atoms with Gasteiger partial charge in [0.15, 0.2) is 0 Å². The summed E-state index contributed by atoms with van der Waals surface area (Å²) < 4.78 is 5.34. The number of nitrogens with one attached hydrogen (secondary N) is 3. The number of rotatable bonds is 7. The Morgan fingerprint density at radius 1 is 1.32 bits per heavy atom. The largest absolute Gasteiger partial charge is 0.494 e. The molecule has 1 aromatic heterocycles. The van der Waals surface area contributed by atoms with Crippen LogP contribution in [0.15, 0.2) is 30.5 Å². The number of aromatic nitrogens is 1. The topological polar surface area (TPSA) is 92.4 Å². The summed E-state index contributed by atoms with van der Waals surface area (Å²) in [6.45, 7) is 0. The SMILES string of the molecule is COc1ccc(NC(=O)CCCC[C@@H]2SC[C@@H]3NC(=O)N[C@@H]32)c2cccnc12. The Morgan fingerprint density at radius 3 is 3.07 bits per heavy atom. The van der Waals surface area contributed by atoms with Crippen molar-refractivity contribution >= 4 is 40.3 Å². The van der Waals surface area contributed by atoms with Gasteiger partial charge in [-0.1, -0.05) is 6.42 Å². The van der Waals surface area contributed by atoms with Crippen LogP contribution < -0.4 is 20.7 Å². The van der Waals surface area contributed by atoms with E-state index in [0.717, 1.165) is 41.6 Å². The number of nitrogens with zero attached hydrogens (tertiary/aromatic N) is 1. The molecule has 3 amide bonds. The lowest BCUT2D eigenvalue weighted by Gasteiger charge is -2.16. The fourth-order valence-electron chi connectivity index (χ4n) is 3.91. The maximum absolute atomic E-state index is 12.4. The zero-order valence-electron chi connectivity index (χ0n) is 15.7. The highest BCUT2D eigenvalue weighted by atomic mass is 32.2. The van der Waals surface area contributed by atoms with E-state index >= 15 is 0 Å². The molecule has 0 spiro atoms. The van der Waals surface area contributed by atoms with E-state index in [1.165, 1.54) is 0 Å². The molecule has 2 fully saturated rings. The summed E-state index contributed by atoms with van der Waals surface area (Å²) in [6, 6.07) is 7.88. The van der Waals surface area contributed by atoms with Gasteiger partial charge in [0.2, 0.25) is 5.91 Å². The summed E-state index contributed by atoms with van der Waals surface area (Å²) in [6.07, 6.45) is 4.99. The second-order valence-corrected chi connectivity index (χ2v) is 8.40. The Bertz CT molecular complexity index is 891. The minimum atomic E-state index is -0.0547. The second kappa shape index (κ2) is 8.26. The van der Waals surface area contributed by atoms with E-state index in [-0.39, 0.29) is 24.0 Å². The molecule has 8 heteroatoms. The third-order valence-corrected chi connectivity index (χ3v) is 6.82. The summed E-state index contributed by atoms with van der Waals surface area (Å²) in [5.41, 5.74) is 1.49. The fourth-order valence-corrected chi connectivity index (χ4v) is 5.45. The van der Waals surface area contributed by atoms with Crippen molar-refractivity contribution in [3.63, 3.8) is 0 Å². The van der Waals surface area contributed by atoms with Gasteiger partial charge in [-0.25, -0.2) is 4.79 Å². The summed E-state index contributed by atoms with van der Waals surface area (Å²) >= 11 is 1.91. The van der Waals surface area contributed by atoms with Crippen LogP contribution >= 0.6 is 11.8 Å². The average Bonchev–Trinajstić information content (AvgIpc) is 3.25. The highest BCUT2D eigenvalue weighted by Gasteiger charge is 2.42. The Hall–Kier alpha value is -2.48. The fraction of sp³-hybridized carbons (Fsp3) is 0.450. The molecule has 148 valence electrons.